The summed E-state index contributed by atoms with van der Waals surface area (Å²) in [5, 5.41) is 14.2. The van der Waals surface area contributed by atoms with Gasteiger partial charge in [-0.15, -0.1) is 0 Å². The van der Waals surface area contributed by atoms with Crippen LogP contribution in [0.1, 0.15) is 17.3 Å². The lowest BCUT2D eigenvalue weighted by Gasteiger charge is -2.03. The molecule has 5 heteroatoms. The number of aryl methyl sites for hydroxylation is 1. The van der Waals surface area contributed by atoms with E-state index in [-0.39, 0.29) is 6.61 Å². The fourth-order valence-corrected chi connectivity index (χ4v) is 2.12. The van der Waals surface area contributed by atoms with E-state index in [1.54, 1.807) is 6.92 Å². The standard InChI is InChI=1S/C13H13N3O2/c1-9-14-13(15-18-9)7-16-6-5-11-10(8-17)3-2-4-12(11)16/h2-6,17H,7-8H2,1H3. The van der Waals surface area contributed by atoms with Crippen molar-refractivity contribution in [1.29, 1.82) is 0 Å². The molecule has 1 aromatic carbocycles. The van der Waals surface area contributed by atoms with Gasteiger partial charge in [-0.25, -0.2) is 0 Å². The molecular formula is C13H13N3O2. The number of hydrogen-bond acceptors (Lipinski definition) is 4. The number of fused-ring (bicyclic) bond motifs is 1. The Kier molecular flexibility index (Phi) is 2.60. The third-order valence-electron chi connectivity index (χ3n) is 2.96. The average molecular weight is 243 g/mol. The minimum absolute atomic E-state index is 0.0443. The Morgan fingerprint density at radius 3 is 2.94 bits per heavy atom. The third-order valence-corrected chi connectivity index (χ3v) is 2.96. The Morgan fingerprint density at radius 1 is 1.33 bits per heavy atom. The van der Waals surface area contributed by atoms with Gasteiger partial charge < -0.3 is 14.2 Å². The van der Waals surface area contributed by atoms with E-state index in [1.807, 2.05) is 35.0 Å². The zero-order valence-electron chi connectivity index (χ0n) is 10.00. The minimum Gasteiger partial charge on any atom is -0.392 e. The summed E-state index contributed by atoms with van der Waals surface area (Å²) in [6.45, 7) is 2.38. The number of aliphatic hydroxyl groups is 1. The maximum atomic E-state index is 9.29. The van der Waals surface area contributed by atoms with E-state index in [9.17, 15) is 5.11 Å². The highest BCUT2D eigenvalue weighted by atomic mass is 16.5. The Balaban J connectivity index is 2.02. The summed E-state index contributed by atoms with van der Waals surface area (Å²) in [4.78, 5) is 4.19. The lowest BCUT2D eigenvalue weighted by Crippen LogP contribution is -2.00. The van der Waals surface area contributed by atoms with Crippen LogP contribution in [-0.4, -0.2) is 19.8 Å². The predicted molar refractivity (Wildman–Crippen MR) is 66.0 cm³/mol. The van der Waals surface area contributed by atoms with Crippen molar-refractivity contribution < 1.29 is 9.63 Å². The van der Waals surface area contributed by atoms with Gasteiger partial charge in [0.1, 0.15) is 0 Å². The predicted octanol–water partition coefficient (Wildman–Crippen LogP) is 1.87. The largest absolute Gasteiger partial charge is 0.392 e. The Bertz CT molecular complexity index is 684. The van der Waals surface area contributed by atoms with Crippen LogP contribution in [0.4, 0.5) is 0 Å². The third kappa shape index (κ3) is 1.78. The summed E-state index contributed by atoms with van der Waals surface area (Å²) in [5.41, 5.74) is 1.99. The molecule has 0 saturated carbocycles. The molecule has 5 nitrogen and oxygen atoms in total. The molecule has 0 fully saturated rings. The van der Waals surface area contributed by atoms with Crippen molar-refractivity contribution >= 4 is 10.9 Å². The molecule has 0 saturated heterocycles. The Hall–Kier alpha value is -2.14. The molecule has 2 heterocycles. The maximum absolute atomic E-state index is 9.29. The van der Waals surface area contributed by atoms with Crippen molar-refractivity contribution in [2.24, 2.45) is 0 Å². The first-order valence-electron chi connectivity index (χ1n) is 5.74. The molecule has 0 spiro atoms. The SMILES string of the molecule is Cc1nc(Cn2ccc3c(CO)cccc32)no1. The van der Waals surface area contributed by atoms with E-state index >= 15 is 0 Å². The fraction of sp³-hybridized carbons (Fsp3) is 0.231. The molecule has 0 bridgehead atoms. The van der Waals surface area contributed by atoms with Crippen molar-refractivity contribution in [2.75, 3.05) is 0 Å². The number of nitrogens with zero attached hydrogens (tertiary/aromatic N) is 3. The Labute approximate surface area is 104 Å². The molecule has 92 valence electrons. The summed E-state index contributed by atoms with van der Waals surface area (Å²) in [5.74, 6) is 1.22. The normalized spacial score (nSPS) is 11.2. The second-order valence-electron chi connectivity index (χ2n) is 4.18. The molecule has 0 aliphatic heterocycles. The van der Waals surface area contributed by atoms with Crippen LogP contribution in [0.25, 0.3) is 10.9 Å². The highest BCUT2D eigenvalue weighted by Gasteiger charge is 2.08. The van der Waals surface area contributed by atoms with Crippen LogP contribution in [0.3, 0.4) is 0 Å². The van der Waals surface area contributed by atoms with Crippen molar-refractivity contribution in [3.05, 3.63) is 47.7 Å². The summed E-state index contributed by atoms with van der Waals surface area (Å²) >= 11 is 0. The van der Waals surface area contributed by atoms with Crippen LogP contribution in [0.2, 0.25) is 0 Å². The van der Waals surface area contributed by atoms with Crippen LogP contribution in [0.5, 0.6) is 0 Å². The molecule has 3 aromatic rings. The lowest BCUT2D eigenvalue weighted by atomic mass is 10.1. The highest BCUT2D eigenvalue weighted by molar-refractivity contribution is 5.83. The number of aromatic nitrogens is 3. The van der Waals surface area contributed by atoms with Gasteiger partial charge in [0, 0.05) is 24.0 Å². The van der Waals surface area contributed by atoms with Gasteiger partial charge in [-0.3, -0.25) is 0 Å². The monoisotopic (exact) mass is 243 g/mol. The second kappa shape index (κ2) is 4.27. The van der Waals surface area contributed by atoms with Gasteiger partial charge >= 0.3 is 0 Å². The minimum atomic E-state index is 0.0443. The van der Waals surface area contributed by atoms with Gasteiger partial charge in [0.2, 0.25) is 5.89 Å². The molecule has 0 atom stereocenters. The van der Waals surface area contributed by atoms with Gasteiger partial charge in [-0.05, 0) is 17.7 Å². The number of rotatable bonds is 3. The van der Waals surface area contributed by atoms with E-state index in [4.69, 9.17) is 4.52 Å². The summed E-state index contributed by atoms with van der Waals surface area (Å²) in [6, 6.07) is 7.87. The van der Waals surface area contributed by atoms with Crippen LogP contribution in [0.15, 0.2) is 35.0 Å². The van der Waals surface area contributed by atoms with Crippen LogP contribution < -0.4 is 0 Å². The first-order chi connectivity index (χ1) is 8.78. The van der Waals surface area contributed by atoms with Crippen LogP contribution >= 0.6 is 0 Å². The molecule has 3 rings (SSSR count). The fourth-order valence-electron chi connectivity index (χ4n) is 2.12. The van der Waals surface area contributed by atoms with Crippen molar-refractivity contribution in [3.8, 4) is 0 Å². The molecule has 1 N–H and O–H groups in total. The number of hydrogen-bond donors (Lipinski definition) is 1. The Morgan fingerprint density at radius 2 is 2.22 bits per heavy atom. The lowest BCUT2D eigenvalue weighted by molar-refractivity contribution is 0.283. The molecular weight excluding hydrogens is 230 g/mol. The van der Waals surface area contributed by atoms with Crippen LogP contribution in [0, 0.1) is 6.92 Å². The average Bonchev–Trinajstić information content (AvgIpc) is 2.97. The zero-order chi connectivity index (χ0) is 12.5. The summed E-state index contributed by atoms with van der Waals surface area (Å²) in [6.07, 6.45) is 1.97. The molecule has 0 aliphatic rings. The first-order valence-corrected chi connectivity index (χ1v) is 5.74. The zero-order valence-corrected chi connectivity index (χ0v) is 10.00. The molecule has 2 aromatic heterocycles. The van der Waals surface area contributed by atoms with Gasteiger partial charge in [-0.1, -0.05) is 17.3 Å². The van der Waals surface area contributed by atoms with Crippen molar-refractivity contribution in [1.82, 2.24) is 14.7 Å². The number of aliphatic hydroxyl groups excluding tert-OH is 1. The highest BCUT2D eigenvalue weighted by Crippen LogP contribution is 2.20. The summed E-state index contributed by atoms with van der Waals surface area (Å²) in [7, 11) is 0. The topological polar surface area (TPSA) is 64.1 Å². The molecule has 0 amide bonds. The van der Waals surface area contributed by atoms with E-state index in [0.717, 1.165) is 16.5 Å². The van der Waals surface area contributed by atoms with Crippen LogP contribution in [-0.2, 0) is 13.2 Å². The van der Waals surface area contributed by atoms with Gasteiger partial charge in [0.05, 0.1) is 13.2 Å². The van der Waals surface area contributed by atoms with Gasteiger partial charge in [0.15, 0.2) is 5.82 Å². The first kappa shape index (κ1) is 11.0. The molecule has 0 aliphatic carbocycles. The van der Waals surface area contributed by atoms with Crippen molar-refractivity contribution in [3.63, 3.8) is 0 Å². The molecule has 0 unspecified atom stereocenters. The van der Waals surface area contributed by atoms with E-state index in [0.29, 0.717) is 18.3 Å². The van der Waals surface area contributed by atoms with Gasteiger partial charge in [-0.2, -0.15) is 4.98 Å². The second-order valence-corrected chi connectivity index (χ2v) is 4.18. The molecule has 0 radical (unpaired) electrons. The van der Waals surface area contributed by atoms with Gasteiger partial charge in [0.25, 0.3) is 0 Å². The maximum Gasteiger partial charge on any atom is 0.223 e. The number of benzene rings is 1. The summed E-state index contributed by atoms with van der Waals surface area (Å²) < 4.78 is 7.00. The molecule has 18 heavy (non-hydrogen) atoms. The smallest absolute Gasteiger partial charge is 0.223 e. The van der Waals surface area contributed by atoms with Crippen molar-refractivity contribution in [2.45, 2.75) is 20.1 Å². The van der Waals surface area contributed by atoms with E-state index in [2.05, 4.69) is 10.1 Å². The van der Waals surface area contributed by atoms with E-state index < -0.39 is 0 Å². The quantitative estimate of drug-likeness (QED) is 0.762. The van der Waals surface area contributed by atoms with E-state index in [1.165, 1.54) is 0 Å².